The topological polar surface area (TPSA) is 12.0 Å². The smallest absolute Gasteiger partial charge is 0.123 e. The van der Waals surface area contributed by atoms with E-state index in [-0.39, 0.29) is 5.82 Å². The van der Waals surface area contributed by atoms with Gasteiger partial charge in [-0.15, -0.1) is 6.58 Å². The van der Waals surface area contributed by atoms with Crippen LogP contribution in [0, 0.1) is 18.7 Å². The van der Waals surface area contributed by atoms with Crippen molar-refractivity contribution in [3.05, 3.63) is 127 Å². The van der Waals surface area contributed by atoms with Gasteiger partial charge in [0.2, 0.25) is 0 Å². The minimum atomic E-state index is -0.248. The van der Waals surface area contributed by atoms with Crippen molar-refractivity contribution >= 4 is 29.2 Å². The number of unbranched alkanes of at least 4 members (excludes halogenated alkanes) is 1. The molecule has 1 aliphatic rings. The quantitative estimate of drug-likeness (QED) is 0.146. The molecular weight excluding hydrogens is 473 g/mol. The molecule has 1 atom stereocenters. The number of hydrogen-bond donors (Lipinski definition) is 1. The van der Waals surface area contributed by atoms with E-state index in [9.17, 15) is 4.39 Å². The van der Waals surface area contributed by atoms with Crippen LogP contribution in [0.25, 0.3) is 17.2 Å². The Balaban J connectivity index is 0.000000350. The fourth-order valence-corrected chi connectivity index (χ4v) is 4.09. The summed E-state index contributed by atoms with van der Waals surface area (Å²) in [6.07, 6.45) is 18.5. The first-order valence-corrected chi connectivity index (χ1v) is 14.0. The number of aryl methyl sites for hydroxylation is 1. The van der Waals surface area contributed by atoms with E-state index in [1.165, 1.54) is 55.6 Å². The highest BCUT2D eigenvalue weighted by Gasteiger charge is 2.03. The molecule has 0 amide bonds. The monoisotopic (exact) mass is 517 g/mol. The Morgan fingerprint density at radius 1 is 1.11 bits per heavy atom. The molecule has 198 valence electrons. The van der Waals surface area contributed by atoms with E-state index >= 15 is 0 Å². The minimum Gasteiger partial charge on any atom is -0.337 e. The first-order chi connectivity index (χ1) is 17.8. The van der Waals surface area contributed by atoms with Crippen molar-refractivity contribution in [2.45, 2.75) is 52.9 Å². The van der Waals surface area contributed by atoms with E-state index in [2.05, 4.69) is 81.3 Å². The average molecular weight is 518 g/mol. The van der Waals surface area contributed by atoms with Crippen LogP contribution < -0.4 is 4.72 Å². The number of rotatable bonds is 10. The molecule has 1 unspecified atom stereocenters. The largest absolute Gasteiger partial charge is 0.337 e. The second-order valence-electron chi connectivity index (χ2n) is 9.02. The molecule has 1 nitrogen and oxygen atoms in total. The summed E-state index contributed by atoms with van der Waals surface area (Å²) in [5.41, 5.74) is 6.04. The summed E-state index contributed by atoms with van der Waals surface area (Å²) in [6, 6.07) is 12.7. The predicted octanol–water partition coefficient (Wildman–Crippen LogP) is 10.6. The Kier molecular flexibility index (Phi) is 16.5. The zero-order valence-electron chi connectivity index (χ0n) is 22.9. The Morgan fingerprint density at radius 2 is 1.89 bits per heavy atom. The Labute approximate surface area is 229 Å². The summed E-state index contributed by atoms with van der Waals surface area (Å²) < 4.78 is 16.2. The van der Waals surface area contributed by atoms with E-state index in [0.29, 0.717) is 0 Å². The van der Waals surface area contributed by atoms with Crippen molar-refractivity contribution in [2.24, 2.45) is 5.92 Å². The van der Waals surface area contributed by atoms with E-state index in [1.54, 1.807) is 24.2 Å². The highest BCUT2D eigenvalue weighted by Crippen LogP contribution is 2.21. The van der Waals surface area contributed by atoms with Crippen LogP contribution in [0.5, 0.6) is 0 Å². The van der Waals surface area contributed by atoms with Gasteiger partial charge in [-0.1, -0.05) is 105 Å². The molecule has 0 aromatic heterocycles. The van der Waals surface area contributed by atoms with Gasteiger partial charge in [-0.2, -0.15) is 0 Å². The summed E-state index contributed by atoms with van der Waals surface area (Å²) in [5.74, 6) is 1.70. The molecular formula is C34H44FNS. The maximum atomic E-state index is 13.2. The average Bonchev–Trinajstić information content (AvgIpc) is 2.91. The van der Waals surface area contributed by atoms with Gasteiger partial charge in [-0.3, -0.25) is 0 Å². The molecule has 0 bridgehead atoms. The minimum absolute atomic E-state index is 0.248. The third-order valence-electron chi connectivity index (χ3n) is 5.84. The zero-order chi connectivity index (χ0) is 27.5. The van der Waals surface area contributed by atoms with Gasteiger partial charge < -0.3 is 4.72 Å². The first kappa shape index (κ1) is 32.0. The molecule has 0 heterocycles. The predicted molar refractivity (Wildman–Crippen MR) is 168 cm³/mol. The second kappa shape index (κ2) is 19.1. The van der Waals surface area contributed by atoms with Crippen molar-refractivity contribution in [3.63, 3.8) is 0 Å². The van der Waals surface area contributed by atoms with Crippen LogP contribution >= 0.6 is 11.9 Å². The molecule has 0 fully saturated rings. The van der Waals surface area contributed by atoms with Gasteiger partial charge in [-0.05, 0) is 91.5 Å². The van der Waals surface area contributed by atoms with Crippen LogP contribution in [0.15, 0.2) is 99.3 Å². The molecule has 0 spiro atoms. The molecule has 1 N–H and O–H groups in total. The lowest BCUT2D eigenvalue weighted by molar-refractivity contribution is 0.585. The van der Waals surface area contributed by atoms with E-state index in [1.807, 2.05) is 25.1 Å². The number of benzene rings is 2. The molecule has 3 heteroatoms. The lowest BCUT2D eigenvalue weighted by Crippen LogP contribution is -1.96. The SMILES string of the molecule is C=C(C)c1ccc(C)c(/C=C\C(=C)c2cccc(F)c2)c1.C=CC1CC=CCC1.C=CNSCCCC. The normalized spacial score (nSPS) is 14.0. The molecule has 0 saturated heterocycles. The third kappa shape index (κ3) is 13.7. The summed E-state index contributed by atoms with van der Waals surface area (Å²) in [4.78, 5) is 0. The maximum absolute atomic E-state index is 13.2. The Hall–Kier alpha value is -3.04. The number of hydrogen-bond acceptors (Lipinski definition) is 2. The van der Waals surface area contributed by atoms with Crippen LogP contribution in [0.1, 0.15) is 68.2 Å². The van der Waals surface area contributed by atoms with Gasteiger partial charge in [0, 0.05) is 12.0 Å². The molecule has 2 aromatic rings. The molecule has 2 aromatic carbocycles. The van der Waals surface area contributed by atoms with Gasteiger partial charge in [0.1, 0.15) is 5.82 Å². The Bertz CT molecular complexity index is 1060. The summed E-state index contributed by atoms with van der Waals surface area (Å²) >= 11 is 1.71. The zero-order valence-corrected chi connectivity index (χ0v) is 23.8. The van der Waals surface area contributed by atoms with Crippen molar-refractivity contribution in [3.8, 4) is 0 Å². The van der Waals surface area contributed by atoms with E-state index in [4.69, 9.17) is 0 Å². The van der Waals surface area contributed by atoms with E-state index < -0.39 is 0 Å². The summed E-state index contributed by atoms with van der Waals surface area (Å²) in [5, 5.41) is 0. The molecule has 0 radical (unpaired) electrons. The van der Waals surface area contributed by atoms with Crippen molar-refractivity contribution in [1.82, 2.24) is 4.72 Å². The standard InChI is InChI=1S/C20H19F.C8H12.C6H13NS/c1-14(2)17-10-8-16(4)19(12-17)11-9-15(3)18-6-5-7-20(21)13-18;1-2-8-6-4-3-5-7-8;1-3-5-6-8-7-4-2/h5-13H,1,3H2,2,4H3;2-4,8H,1,5-7H2;4,7H,2-3,5-6H2,1H3/b11-9-;;. The van der Waals surface area contributed by atoms with Gasteiger partial charge in [0.25, 0.3) is 0 Å². The lowest BCUT2D eigenvalue weighted by Gasteiger charge is -2.11. The number of halogens is 1. The molecule has 0 aliphatic heterocycles. The summed E-state index contributed by atoms with van der Waals surface area (Å²) in [6.45, 7) is 21.5. The number of nitrogens with one attached hydrogen (secondary N) is 1. The van der Waals surface area contributed by atoms with Gasteiger partial charge in [0.15, 0.2) is 0 Å². The van der Waals surface area contributed by atoms with Gasteiger partial charge in [-0.25, -0.2) is 4.39 Å². The van der Waals surface area contributed by atoms with Gasteiger partial charge in [0.05, 0.1) is 0 Å². The second-order valence-corrected chi connectivity index (χ2v) is 9.96. The molecule has 1 aliphatic carbocycles. The van der Waals surface area contributed by atoms with Crippen molar-refractivity contribution in [1.29, 1.82) is 0 Å². The first-order valence-electron chi connectivity index (χ1n) is 13.0. The molecule has 37 heavy (non-hydrogen) atoms. The van der Waals surface area contributed by atoms with Crippen LogP contribution in [0.4, 0.5) is 4.39 Å². The van der Waals surface area contributed by atoms with Crippen molar-refractivity contribution in [2.75, 3.05) is 5.75 Å². The molecule has 3 rings (SSSR count). The number of allylic oxidation sites excluding steroid dienone is 6. The van der Waals surface area contributed by atoms with Crippen LogP contribution in [0.2, 0.25) is 0 Å². The lowest BCUT2D eigenvalue weighted by atomic mass is 9.95. The van der Waals surface area contributed by atoms with Gasteiger partial charge >= 0.3 is 0 Å². The van der Waals surface area contributed by atoms with Crippen LogP contribution in [-0.4, -0.2) is 5.75 Å². The highest BCUT2D eigenvalue weighted by molar-refractivity contribution is 7.97. The van der Waals surface area contributed by atoms with Crippen LogP contribution in [0.3, 0.4) is 0 Å². The van der Waals surface area contributed by atoms with E-state index in [0.717, 1.165) is 33.8 Å². The fourth-order valence-electron chi connectivity index (χ4n) is 3.43. The highest BCUT2D eigenvalue weighted by atomic mass is 32.2. The van der Waals surface area contributed by atoms with Crippen LogP contribution in [-0.2, 0) is 0 Å². The third-order valence-corrected chi connectivity index (χ3v) is 6.67. The van der Waals surface area contributed by atoms with Crippen molar-refractivity contribution < 1.29 is 4.39 Å². The fraction of sp³-hybridized carbons (Fsp3) is 0.294. The summed E-state index contributed by atoms with van der Waals surface area (Å²) in [7, 11) is 0. The maximum Gasteiger partial charge on any atom is 0.123 e. The molecule has 0 saturated carbocycles. The Morgan fingerprint density at radius 3 is 2.46 bits per heavy atom.